The average molecular weight is 581 g/mol. The maximum Gasteiger partial charge on any atom is 0.338 e. The van der Waals surface area contributed by atoms with E-state index in [0.717, 1.165) is 5.56 Å². The predicted octanol–water partition coefficient (Wildman–Crippen LogP) is 5.13. The molecule has 2 saturated heterocycles. The monoisotopic (exact) mass is 580 g/mol. The second kappa shape index (κ2) is 13.0. The summed E-state index contributed by atoms with van der Waals surface area (Å²) >= 11 is 0. The molecular formula is C34H28O9. The molecule has 43 heavy (non-hydrogen) atoms. The highest BCUT2D eigenvalue weighted by molar-refractivity contribution is 5.91. The number of ether oxygens (including phenoxy) is 6. The van der Waals surface area contributed by atoms with Gasteiger partial charge in [0.05, 0.1) is 16.7 Å². The third-order valence-corrected chi connectivity index (χ3v) is 7.09. The Morgan fingerprint density at radius 3 is 1.53 bits per heavy atom. The highest BCUT2D eigenvalue weighted by Gasteiger charge is 2.56. The smallest absolute Gasteiger partial charge is 0.338 e. The molecule has 4 aromatic rings. The molecule has 0 aliphatic carbocycles. The molecule has 6 rings (SSSR count). The van der Waals surface area contributed by atoms with E-state index in [1.807, 2.05) is 30.3 Å². The molecule has 4 aromatic carbocycles. The van der Waals surface area contributed by atoms with Gasteiger partial charge in [0.1, 0.15) is 12.7 Å². The van der Waals surface area contributed by atoms with E-state index in [1.54, 1.807) is 91.0 Å². The van der Waals surface area contributed by atoms with Crippen LogP contribution in [-0.4, -0.2) is 55.2 Å². The zero-order chi connectivity index (χ0) is 29.6. The van der Waals surface area contributed by atoms with Crippen molar-refractivity contribution in [3.05, 3.63) is 144 Å². The van der Waals surface area contributed by atoms with Crippen LogP contribution in [0.5, 0.6) is 0 Å². The molecule has 2 aliphatic rings. The van der Waals surface area contributed by atoms with Gasteiger partial charge in [-0.1, -0.05) is 84.9 Å². The molecule has 1 unspecified atom stereocenters. The zero-order valence-corrected chi connectivity index (χ0v) is 22.9. The minimum atomic E-state index is -1.22. The van der Waals surface area contributed by atoms with Gasteiger partial charge in [-0.25, -0.2) is 14.4 Å². The van der Waals surface area contributed by atoms with Crippen LogP contribution in [0.3, 0.4) is 0 Å². The van der Waals surface area contributed by atoms with E-state index in [0.29, 0.717) is 11.1 Å². The molecule has 0 saturated carbocycles. The summed E-state index contributed by atoms with van der Waals surface area (Å²) in [5.74, 6) is -1.92. The van der Waals surface area contributed by atoms with Crippen LogP contribution < -0.4 is 0 Å². The Morgan fingerprint density at radius 1 is 0.535 bits per heavy atom. The van der Waals surface area contributed by atoms with Gasteiger partial charge >= 0.3 is 17.9 Å². The fourth-order valence-electron chi connectivity index (χ4n) is 4.95. The second-order valence-corrected chi connectivity index (χ2v) is 9.96. The molecule has 2 heterocycles. The van der Waals surface area contributed by atoms with Gasteiger partial charge in [-0.3, -0.25) is 0 Å². The minimum absolute atomic E-state index is 0.281. The molecule has 0 spiro atoms. The Morgan fingerprint density at radius 2 is 1.00 bits per heavy atom. The number of rotatable bonds is 8. The number of carbonyl (C=O) groups excluding carboxylic acids is 3. The quantitative estimate of drug-likeness (QED) is 0.207. The van der Waals surface area contributed by atoms with Gasteiger partial charge in [-0.15, -0.1) is 0 Å². The van der Waals surface area contributed by atoms with E-state index in [2.05, 4.69) is 0 Å². The minimum Gasteiger partial charge on any atom is -0.459 e. The van der Waals surface area contributed by atoms with Gasteiger partial charge in [-0.2, -0.15) is 0 Å². The van der Waals surface area contributed by atoms with Crippen molar-refractivity contribution >= 4 is 17.9 Å². The van der Waals surface area contributed by atoms with Crippen molar-refractivity contribution in [3.8, 4) is 0 Å². The summed E-state index contributed by atoms with van der Waals surface area (Å²) in [5.41, 5.74) is 1.64. The first-order valence-corrected chi connectivity index (χ1v) is 13.8. The SMILES string of the molecule is O=C(OC[C@H]1O[C@@H]2OC(c3ccccc3)O[C@@H]2[C@@H](OC(=O)c2ccccc2)[C@@H]1OC(=O)c1ccccc1)c1ccccc1. The number of fused-ring (bicyclic) bond motifs is 1. The van der Waals surface area contributed by atoms with Crippen LogP contribution in [0.1, 0.15) is 42.9 Å². The predicted molar refractivity (Wildman–Crippen MR) is 152 cm³/mol. The Bertz CT molecular complexity index is 1530. The summed E-state index contributed by atoms with van der Waals surface area (Å²) in [5, 5.41) is 0. The number of hydrogen-bond acceptors (Lipinski definition) is 9. The summed E-state index contributed by atoms with van der Waals surface area (Å²) in [6.45, 7) is -0.317. The maximum absolute atomic E-state index is 13.3. The first-order chi connectivity index (χ1) is 21.1. The molecule has 0 N–H and O–H groups in total. The normalized spacial score (nSPS) is 24.4. The van der Waals surface area contributed by atoms with Gasteiger partial charge in [0.25, 0.3) is 0 Å². The van der Waals surface area contributed by atoms with Gasteiger partial charge in [0.15, 0.2) is 30.9 Å². The lowest BCUT2D eigenvalue weighted by Gasteiger charge is -2.41. The summed E-state index contributed by atoms with van der Waals surface area (Å²) in [4.78, 5) is 39.4. The lowest BCUT2D eigenvalue weighted by molar-refractivity contribution is -0.252. The molecule has 0 amide bonds. The van der Waals surface area contributed by atoms with Crippen LogP contribution in [0.2, 0.25) is 0 Å². The number of carbonyl (C=O) groups is 3. The molecule has 9 nitrogen and oxygen atoms in total. The molecule has 2 fully saturated rings. The highest BCUT2D eigenvalue weighted by Crippen LogP contribution is 2.40. The first-order valence-electron chi connectivity index (χ1n) is 13.8. The molecule has 9 heteroatoms. The fourth-order valence-corrected chi connectivity index (χ4v) is 4.95. The summed E-state index contributed by atoms with van der Waals surface area (Å²) in [7, 11) is 0. The summed E-state index contributed by atoms with van der Waals surface area (Å²) < 4.78 is 36.1. The third-order valence-electron chi connectivity index (χ3n) is 7.09. The van der Waals surface area contributed by atoms with Crippen molar-refractivity contribution in [2.24, 2.45) is 0 Å². The van der Waals surface area contributed by atoms with Crippen LogP contribution in [0.25, 0.3) is 0 Å². The third kappa shape index (κ3) is 6.49. The van der Waals surface area contributed by atoms with Gasteiger partial charge in [0, 0.05) is 5.56 Å². The Kier molecular flexibility index (Phi) is 8.55. The van der Waals surface area contributed by atoms with Crippen molar-refractivity contribution in [2.75, 3.05) is 6.61 Å². The standard InChI is InChI=1S/C34H28O9/c35-30(22-13-5-1-6-14-22)38-21-26-27(40-31(36)23-15-7-2-8-16-23)28(41-32(37)24-17-9-3-10-18-24)29-34(39-26)43-33(42-29)25-19-11-4-12-20-25/h1-20,26-29,33-34H,21H2/t26-,27-,28+,29-,33?,34-/m1/s1. The van der Waals surface area contributed by atoms with Crippen LogP contribution in [-0.2, 0) is 28.4 Å². The van der Waals surface area contributed by atoms with Crippen LogP contribution in [0, 0.1) is 0 Å². The molecule has 0 aromatic heterocycles. The zero-order valence-electron chi connectivity index (χ0n) is 22.9. The maximum atomic E-state index is 13.3. The summed E-state index contributed by atoms with van der Waals surface area (Å²) in [6.07, 6.45) is -6.28. The number of hydrogen-bond donors (Lipinski definition) is 0. The van der Waals surface area contributed by atoms with Gasteiger partial charge in [0.2, 0.25) is 0 Å². The Hall–Kier alpha value is -4.83. The van der Waals surface area contributed by atoms with Crippen molar-refractivity contribution in [3.63, 3.8) is 0 Å². The van der Waals surface area contributed by atoms with Crippen molar-refractivity contribution in [1.82, 2.24) is 0 Å². The average Bonchev–Trinajstić information content (AvgIpc) is 3.50. The van der Waals surface area contributed by atoms with E-state index in [1.165, 1.54) is 0 Å². The summed E-state index contributed by atoms with van der Waals surface area (Å²) in [6, 6.07) is 34.5. The van der Waals surface area contributed by atoms with E-state index >= 15 is 0 Å². The van der Waals surface area contributed by atoms with Crippen LogP contribution in [0.15, 0.2) is 121 Å². The first kappa shape index (κ1) is 28.3. The molecular weight excluding hydrogens is 552 g/mol. The Balaban J connectivity index is 1.32. The second-order valence-electron chi connectivity index (χ2n) is 9.96. The molecule has 0 bridgehead atoms. The van der Waals surface area contributed by atoms with Crippen LogP contribution in [0.4, 0.5) is 0 Å². The molecule has 218 valence electrons. The molecule has 2 aliphatic heterocycles. The number of esters is 3. The van der Waals surface area contributed by atoms with Crippen molar-refractivity contribution in [2.45, 2.75) is 37.0 Å². The molecule has 6 atom stereocenters. The van der Waals surface area contributed by atoms with E-state index in [-0.39, 0.29) is 12.2 Å². The Labute approximate surface area is 247 Å². The highest BCUT2D eigenvalue weighted by atomic mass is 16.8. The van der Waals surface area contributed by atoms with Crippen molar-refractivity contribution in [1.29, 1.82) is 0 Å². The van der Waals surface area contributed by atoms with E-state index in [9.17, 15) is 14.4 Å². The largest absolute Gasteiger partial charge is 0.459 e. The lowest BCUT2D eigenvalue weighted by atomic mass is 9.98. The lowest BCUT2D eigenvalue weighted by Crippen LogP contribution is -2.60. The van der Waals surface area contributed by atoms with E-state index < -0.39 is 54.9 Å². The van der Waals surface area contributed by atoms with Crippen LogP contribution >= 0.6 is 0 Å². The van der Waals surface area contributed by atoms with Gasteiger partial charge < -0.3 is 28.4 Å². The fraction of sp³-hybridized carbons (Fsp3) is 0.206. The van der Waals surface area contributed by atoms with Crippen molar-refractivity contribution < 1.29 is 42.8 Å². The van der Waals surface area contributed by atoms with Gasteiger partial charge in [-0.05, 0) is 36.4 Å². The topological polar surface area (TPSA) is 107 Å². The van der Waals surface area contributed by atoms with E-state index in [4.69, 9.17) is 28.4 Å². The molecule has 0 radical (unpaired) electrons. The number of benzene rings is 4.